The third kappa shape index (κ3) is 7.81. The molecule has 0 atom stereocenters. The Hall–Kier alpha value is -10.3. The number of nitrogens with zero attached hydrogens (tertiary/aromatic N) is 8. The summed E-state index contributed by atoms with van der Waals surface area (Å²) in [7, 11) is 0. The quantitative estimate of drug-likeness (QED) is 0.140. The first-order valence-electron chi connectivity index (χ1n) is 23.0. The van der Waals surface area contributed by atoms with E-state index in [1.807, 2.05) is 97.1 Å². The summed E-state index contributed by atoms with van der Waals surface area (Å²) in [6.07, 6.45) is 0. The summed E-state index contributed by atoms with van der Waals surface area (Å²) in [5.41, 5.74) is 14.9. The van der Waals surface area contributed by atoms with Crippen LogP contribution in [0.25, 0.3) is 111 Å². The molecule has 0 spiro atoms. The molecule has 0 aliphatic carbocycles. The van der Waals surface area contributed by atoms with Crippen molar-refractivity contribution in [1.82, 2.24) is 19.5 Å². The van der Waals surface area contributed by atoms with Gasteiger partial charge in [-0.05, 0) is 107 Å². The van der Waals surface area contributed by atoms with Crippen molar-refractivity contribution in [2.45, 2.75) is 13.8 Å². The van der Waals surface area contributed by atoms with Gasteiger partial charge in [-0.25, -0.2) is 19.8 Å². The maximum atomic E-state index is 11.0. The summed E-state index contributed by atoms with van der Waals surface area (Å²) < 4.78 is 2.23. The molecule has 11 rings (SSSR count). The van der Waals surface area contributed by atoms with Gasteiger partial charge in [0.1, 0.15) is 0 Å². The molecule has 330 valence electrons. The molecule has 8 nitrogen and oxygen atoms in total. The monoisotopic (exact) mass is 906 g/mol. The molecule has 0 N–H and O–H groups in total. The Kier molecular flexibility index (Phi) is 11.0. The molecular weight excluding hydrogens is 869 g/mol. The minimum atomic E-state index is 0.285. The maximum absolute atomic E-state index is 11.0. The molecule has 0 unspecified atom stereocenters. The Morgan fingerprint density at radius 1 is 0.408 bits per heavy atom. The molecule has 0 radical (unpaired) electrons. The van der Waals surface area contributed by atoms with Crippen molar-refractivity contribution in [2.24, 2.45) is 0 Å². The molecule has 0 bridgehead atoms. The standard InChI is InChI=1S/C63H38N8/c1-39-14-10-12-20-50(39)44-23-28-58-54(32-44)55-33-45(51-21-13-11-15-40(51)2)24-29-59(55)71(58)60-56(52-26-22-41(36-64)30-47(52)37-65)34-46(35-57(60)53-27-25-49(67-3)31-48(53)38-66)63-69-61(42-16-6-4-7-17-42)68-62(70-63)43-18-8-5-9-19-43/h4-35H,1-2H3. The van der Waals surface area contributed by atoms with Gasteiger partial charge in [-0.15, -0.1) is 0 Å². The summed E-state index contributed by atoms with van der Waals surface area (Å²) >= 11 is 0. The number of rotatable bonds is 8. The highest BCUT2D eigenvalue weighted by Crippen LogP contribution is 2.47. The van der Waals surface area contributed by atoms with Crippen LogP contribution in [0, 0.1) is 54.4 Å². The zero-order chi connectivity index (χ0) is 48.6. The Morgan fingerprint density at radius 3 is 1.35 bits per heavy atom. The Bertz CT molecular complexity index is 3870. The lowest BCUT2D eigenvalue weighted by Gasteiger charge is -2.22. The van der Waals surface area contributed by atoms with Crippen LogP contribution in [-0.4, -0.2) is 19.5 Å². The van der Waals surface area contributed by atoms with Crippen molar-refractivity contribution < 1.29 is 0 Å². The number of hydrogen-bond donors (Lipinski definition) is 0. The van der Waals surface area contributed by atoms with Crippen molar-refractivity contribution >= 4 is 27.5 Å². The van der Waals surface area contributed by atoms with E-state index >= 15 is 0 Å². The van der Waals surface area contributed by atoms with E-state index in [2.05, 4.69) is 114 Å². The number of aryl methyl sites for hydroxylation is 2. The SMILES string of the molecule is [C-]#[N+]c1ccc(-c2cc(-c3nc(-c4ccccc4)nc(-c4ccccc4)n3)cc(-c3ccc(C#N)cc3C#N)c2-n2c3ccc(-c4ccccc4C)cc3c3cc(-c4ccccc4C)ccc32)c(C#N)c1. The number of hydrogen-bond acceptors (Lipinski definition) is 6. The molecule has 71 heavy (non-hydrogen) atoms. The number of nitriles is 3. The van der Waals surface area contributed by atoms with Gasteiger partial charge in [-0.1, -0.05) is 140 Å². The third-order valence-electron chi connectivity index (χ3n) is 13.1. The first-order valence-corrected chi connectivity index (χ1v) is 23.0. The van der Waals surface area contributed by atoms with Gasteiger partial charge in [0.05, 0.1) is 52.6 Å². The number of benzene rings is 9. The topological polar surface area (TPSA) is 119 Å². The van der Waals surface area contributed by atoms with E-state index in [0.717, 1.165) is 66.3 Å². The van der Waals surface area contributed by atoms with Crippen LogP contribution in [0.1, 0.15) is 27.8 Å². The van der Waals surface area contributed by atoms with Crippen LogP contribution >= 0.6 is 0 Å². The minimum absolute atomic E-state index is 0.285. The van der Waals surface area contributed by atoms with Crippen LogP contribution < -0.4 is 0 Å². The first kappa shape index (κ1) is 43.3. The Balaban J connectivity index is 1.31. The second-order valence-corrected chi connectivity index (χ2v) is 17.3. The van der Waals surface area contributed by atoms with E-state index in [-0.39, 0.29) is 5.56 Å². The molecule has 2 heterocycles. The van der Waals surface area contributed by atoms with Crippen molar-refractivity contribution in [3.8, 4) is 103 Å². The largest absolute Gasteiger partial charge is 0.308 e. The minimum Gasteiger partial charge on any atom is -0.308 e. The van der Waals surface area contributed by atoms with Crippen molar-refractivity contribution in [2.75, 3.05) is 0 Å². The van der Waals surface area contributed by atoms with Gasteiger partial charge < -0.3 is 4.57 Å². The lowest BCUT2D eigenvalue weighted by Crippen LogP contribution is -2.05. The predicted molar refractivity (Wildman–Crippen MR) is 282 cm³/mol. The first-order chi connectivity index (χ1) is 34.8. The maximum Gasteiger partial charge on any atom is 0.188 e. The van der Waals surface area contributed by atoms with E-state index in [1.54, 1.807) is 24.3 Å². The van der Waals surface area contributed by atoms with Gasteiger partial charge in [0.25, 0.3) is 0 Å². The van der Waals surface area contributed by atoms with Crippen LogP contribution in [0.15, 0.2) is 194 Å². The smallest absolute Gasteiger partial charge is 0.188 e. The highest BCUT2D eigenvalue weighted by atomic mass is 15.0. The fourth-order valence-corrected chi connectivity index (χ4v) is 9.62. The lowest BCUT2D eigenvalue weighted by molar-refractivity contribution is 1.07. The van der Waals surface area contributed by atoms with E-state index in [1.165, 1.54) is 0 Å². The third-order valence-corrected chi connectivity index (χ3v) is 13.1. The van der Waals surface area contributed by atoms with Crippen molar-refractivity contribution in [1.29, 1.82) is 15.8 Å². The number of fused-ring (bicyclic) bond motifs is 3. The molecule has 0 amide bonds. The second kappa shape index (κ2) is 18.1. The molecule has 11 aromatic rings. The average molecular weight is 907 g/mol. The van der Waals surface area contributed by atoms with Crippen LogP contribution in [0.5, 0.6) is 0 Å². The van der Waals surface area contributed by atoms with Crippen LogP contribution in [-0.2, 0) is 0 Å². The highest BCUT2D eigenvalue weighted by Gasteiger charge is 2.26. The summed E-state index contributed by atoms with van der Waals surface area (Å²) in [6.45, 7) is 12.1. The molecule has 0 saturated carbocycles. The fraction of sp³-hybridized carbons (Fsp3) is 0.0317. The van der Waals surface area contributed by atoms with Crippen LogP contribution in [0.4, 0.5) is 5.69 Å². The highest BCUT2D eigenvalue weighted by molar-refractivity contribution is 6.13. The van der Waals surface area contributed by atoms with Crippen molar-refractivity contribution in [3.05, 3.63) is 233 Å². The Morgan fingerprint density at radius 2 is 0.873 bits per heavy atom. The zero-order valence-electron chi connectivity index (χ0n) is 38.6. The van der Waals surface area contributed by atoms with E-state index in [4.69, 9.17) is 21.5 Å². The molecule has 8 heteroatoms. The summed E-state index contributed by atoms with van der Waals surface area (Å²) in [5.74, 6) is 1.30. The van der Waals surface area contributed by atoms with Gasteiger partial charge in [0.15, 0.2) is 23.2 Å². The summed E-state index contributed by atoms with van der Waals surface area (Å²) in [6, 6.07) is 70.6. The van der Waals surface area contributed by atoms with Gasteiger partial charge in [0, 0.05) is 49.7 Å². The van der Waals surface area contributed by atoms with Gasteiger partial charge >= 0.3 is 0 Å². The molecule has 0 aliphatic heterocycles. The molecule has 2 aromatic heterocycles. The molecule has 9 aromatic carbocycles. The van der Waals surface area contributed by atoms with Gasteiger partial charge in [0.2, 0.25) is 0 Å². The summed E-state index contributed by atoms with van der Waals surface area (Å²) in [5, 5.41) is 34.0. The number of aromatic nitrogens is 4. The average Bonchev–Trinajstić information content (AvgIpc) is 3.75. The van der Waals surface area contributed by atoms with E-state index in [9.17, 15) is 15.8 Å². The molecule has 0 aliphatic rings. The zero-order valence-corrected chi connectivity index (χ0v) is 38.6. The van der Waals surface area contributed by atoms with Gasteiger partial charge in [-0.3, -0.25) is 0 Å². The van der Waals surface area contributed by atoms with E-state index < -0.39 is 0 Å². The second-order valence-electron chi connectivity index (χ2n) is 17.3. The fourth-order valence-electron chi connectivity index (χ4n) is 9.62. The molecule has 0 fully saturated rings. The molecule has 0 saturated heterocycles. The Labute approximate surface area is 410 Å². The lowest BCUT2D eigenvalue weighted by atomic mass is 9.88. The normalized spacial score (nSPS) is 10.9. The van der Waals surface area contributed by atoms with Gasteiger partial charge in [-0.2, -0.15) is 15.8 Å². The summed E-state index contributed by atoms with van der Waals surface area (Å²) in [4.78, 5) is 19.0. The molecular formula is C63H38N8. The van der Waals surface area contributed by atoms with Crippen LogP contribution in [0.2, 0.25) is 0 Å². The predicted octanol–water partition coefficient (Wildman–Crippen LogP) is 15.4. The van der Waals surface area contributed by atoms with Crippen molar-refractivity contribution in [3.63, 3.8) is 0 Å². The van der Waals surface area contributed by atoms with Crippen LogP contribution in [0.3, 0.4) is 0 Å². The van der Waals surface area contributed by atoms with E-state index in [0.29, 0.717) is 67.8 Å².